The summed E-state index contributed by atoms with van der Waals surface area (Å²) in [5, 5.41) is 2.81. The van der Waals surface area contributed by atoms with E-state index in [9.17, 15) is 14.0 Å². The van der Waals surface area contributed by atoms with Gasteiger partial charge in [-0.15, -0.1) is 0 Å². The first-order chi connectivity index (χ1) is 11.6. The average Bonchev–Trinajstić information content (AvgIpc) is 2.99. The van der Waals surface area contributed by atoms with Crippen molar-refractivity contribution in [2.24, 2.45) is 0 Å². The minimum absolute atomic E-state index is 0.0258. The molecule has 1 aromatic rings. The van der Waals surface area contributed by atoms with Crippen LogP contribution in [0.5, 0.6) is 0 Å². The molecule has 6 heteroatoms. The Morgan fingerprint density at radius 2 is 1.88 bits per heavy atom. The number of urea groups is 1. The van der Waals surface area contributed by atoms with Crippen molar-refractivity contribution in [2.75, 3.05) is 25.0 Å². The Hall–Kier alpha value is -2.11. The van der Waals surface area contributed by atoms with Crippen LogP contribution >= 0.6 is 0 Å². The van der Waals surface area contributed by atoms with Gasteiger partial charge >= 0.3 is 6.03 Å². The fourth-order valence-electron chi connectivity index (χ4n) is 3.47. The van der Waals surface area contributed by atoms with Crippen molar-refractivity contribution in [1.82, 2.24) is 9.80 Å². The van der Waals surface area contributed by atoms with Crippen LogP contribution in [0.15, 0.2) is 24.3 Å². The number of benzene rings is 1. The number of hydrogen-bond acceptors (Lipinski definition) is 2. The highest BCUT2D eigenvalue weighted by Crippen LogP contribution is 2.25. The zero-order chi connectivity index (χ0) is 17.1. The Balaban J connectivity index is 1.71. The molecule has 5 nitrogen and oxygen atoms in total. The number of aryl methyl sites for hydroxylation is 1. The monoisotopic (exact) mass is 333 g/mol. The Morgan fingerprint density at radius 1 is 1.17 bits per heavy atom. The third kappa shape index (κ3) is 3.52. The second-order valence-electron chi connectivity index (χ2n) is 6.63. The second-order valence-corrected chi connectivity index (χ2v) is 6.63. The summed E-state index contributed by atoms with van der Waals surface area (Å²) in [7, 11) is 0. The molecule has 0 saturated carbocycles. The SMILES string of the molecule is Cc1ccccc1NC(=O)N1C[C@@H](F)C[C@H]1C(=O)N1CCCCC1. The maximum absolute atomic E-state index is 13.9. The Morgan fingerprint density at radius 3 is 2.58 bits per heavy atom. The van der Waals surface area contributed by atoms with Crippen molar-refractivity contribution in [3.63, 3.8) is 0 Å². The minimum Gasteiger partial charge on any atom is -0.341 e. The number of piperidine rings is 1. The molecule has 3 amide bonds. The van der Waals surface area contributed by atoms with Crippen LogP contribution in [0.25, 0.3) is 0 Å². The molecule has 2 aliphatic heterocycles. The molecule has 1 aromatic carbocycles. The van der Waals surface area contributed by atoms with Crippen LogP contribution < -0.4 is 5.32 Å². The molecular weight excluding hydrogens is 309 g/mol. The minimum atomic E-state index is -1.15. The summed E-state index contributed by atoms with van der Waals surface area (Å²) in [5.74, 6) is -0.116. The molecule has 0 aromatic heterocycles. The highest BCUT2D eigenvalue weighted by atomic mass is 19.1. The Labute approximate surface area is 141 Å². The molecule has 2 fully saturated rings. The van der Waals surface area contributed by atoms with Gasteiger partial charge in [-0.1, -0.05) is 18.2 Å². The molecule has 1 N–H and O–H groups in total. The number of carbonyl (C=O) groups excluding carboxylic acids is 2. The Kier molecular flexibility index (Phi) is 5.02. The first-order valence-electron chi connectivity index (χ1n) is 8.62. The van der Waals surface area contributed by atoms with Gasteiger partial charge < -0.3 is 15.1 Å². The van der Waals surface area contributed by atoms with Gasteiger partial charge in [-0.2, -0.15) is 0 Å². The molecule has 0 radical (unpaired) electrons. The van der Waals surface area contributed by atoms with Crippen LogP contribution in [0.1, 0.15) is 31.2 Å². The highest BCUT2D eigenvalue weighted by Gasteiger charge is 2.41. The standard InChI is InChI=1S/C18H24FN3O2/c1-13-7-3-4-8-15(13)20-18(24)22-12-14(19)11-16(22)17(23)21-9-5-2-6-10-21/h3-4,7-8,14,16H,2,5-6,9-12H2,1H3,(H,20,24)/t14-,16-/m0/s1. The number of rotatable bonds is 2. The number of para-hydroxylation sites is 1. The summed E-state index contributed by atoms with van der Waals surface area (Å²) in [6.45, 7) is 3.29. The number of anilines is 1. The topological polar surface area (TPSA) is 52.7 Å². The van der Waals surface area contributed by atoms with E-state index in [0.29, 0.717) is 18.8 Å². The molecule has 0 unspecified atom stereocenters. The fraction of sp³-hybridized carbons (Fsp3) is 0.556. The van der Waals surface area contributed by atoms with Gasteiger partial charge in [0.15, 0.2) is 0 Å². The molecule has 0 bridgehead atoms. The maximum Gasteiger partial charge on any atom is 0.322 e. The number of hydrogen-bond donors (Lipinski definition) is 1. The molecule has 2 heterocycles. The third-order valence-corrected chi connectivity index (χ3v) is 4.85. The summed E-state index contributed by atoms with van der Waals surface area (Å²) < 4.78 is 13.9. The van der Waals surface area contributed by atoms with Crippen molar-refractivity contribution < 1.29 is 14.0 Å². The lowest BCUT2D eigenvalue weighted by Crippen LogP contribution is -2.50. The third-order valence-electron chi connectivity index (χ3n) is 4.85. The van der Waals surface area contributed by atoms with Crippen molar-refractivity contribution >= 4 is 17.6 Å². The van der Waals surface area contributed by atoms with E-state index in [0.717, 1.165) is 24.8 Å². The van der Waals surface area contributed by atoms with E-state index in [1.165, 1.54) is 4.90 Å². The lowest BCUT2D eigenvalue weighted by atomic mass is 10.1. The van der Waals surface area contributed by atoms with Crippen molar-refractivity contribution in [3.8, 4) is 0 Å². The summed E-state index contributed by atoms with van der Waals surface area (Å²) in [4.78, 5) is 28.4. The van der Waals surface area contributed by atoms with E-state index in [1.807, 2.05) is 25.1 Å². The number of nitrogens with one attached hydrogen (secondary N) is 1. The van der Waals surface area contributed by atoms with Gasteiger partial charge in [-0.05, 0) is 37.8 Å². The largest absolute Gasteiger partial charge is 0.341 e. The average molecular weight is 333 g/mol. The van der Waals surface area contributed by atoms with Crippen LogP contribution in [0.2, 0.25) is 0 Å². The van der Waals surface area contributed by atoms with E-state index < -0.39 is 18.2 Å². The number of nitrogens with zero attached hydrogens (tertiary/aromatic N) is 2. The van der Waals surface area contributed by atoms with E-state index in [1.54, 1.807) is 11.0 Å². The predicted octanol–water partition coefficient (Wildman–Crippen LogP) is 2.95. The predicted molar refractivity (Wildman–Crippen MR) is 90.6 cm³/mol. The summed E-state index contributed by atoms with van der Waals surface area (Å²) in [5.41, 5.74) is 1.62. The quantitative estimate of drug-likeness (QED) is 0.905. The van der Waals surface area contributed by atoms with Crippen LogP contribution in [0, 0.1) is 6.92 Å². The van der Waals surface area contributed by atoms with Gasteiger partial charge in [0.25, 0.3) is 0 Å². The first kappa shape index (κ1) is 16.7. The van der Waals surface area contributed by atoms with Gasteiger partial charge in [0.05, 0.1) is 6.54 Å². The van der Waals surface area contributed by atoms with Crippen LogP contribution in [-0.4, -0.2) is 53.6 Å². The van der Waals surface area contributed by atoms with Crippen molar-refractivity contribution in [3.05, 3.63) is 29.8 Å². The number of carbonyl (C=O) groups is 2. The number of likely N-dealkylation sites (tertiary alicyclic amines) is 2. The molecule has 3 rings (SSSR count). The van der Waals surface area contributed by atoms with Gasteiger partial charge in [-0.3, -0.25) is 4.79 Å². The van der Waals surface area contributed by atoms with Crippen molar-refractivity contribution in [1.29, 1.82) is 0 Å². The Bertz CT molecular complexity index is 616. The van der Waals surface area contributed by atoms with E-state index in [2.05, 4.69) is 5.32 Å². The smallest absolute Gasteiger partial charge is 0.322 e. The molecule has 0 aliphatic carbocycles. The summed E-state index contributed by atoms with van der Waals surface area (Å²) >= 11 is 0. The summed E-state index contributed by atoms with van der Waals surface area (Å²) in [6.07, 6.45) is 2.03. The molecule has 2 saturated heterocycles. The van der Waals surface area contributed by atoms with E-state index in [4.69, 9.17) is 0 Å². The molecule has 130 valence electrons. The molecule has 2 aliphatic rings. The number of alkyl halides is 1. The lowest BCUT2D eigenvalue weighted by Gasteiger charge is -2.32. The molecule has 2 atom stereocenters. The van der Waals surface area contributed by atoms with Crippen LogP contribution in [-0.2, 0) is 4.79 Å². The molecule has 24 heavy (non-hydrogen) atoms. The first-order valence-corrected chi connectivity index (χ1v) is 8.62. The van der Waals surface area contributed by atoms with Gasteiger partial charge in [0, 0.05) is 25.2 Å². The van der Waals surface area contributed by atoms with Crippen molar-refractivity contribution in [2.45, 2.75) is 44.8 Å². The van der Waals surface area contributed by atoms with Crippen LogP contribution in [0.4, 0.5) is 14.9 Å². The number of halogens is 1. The van der Waals surface area contributed by atoms with E-state index in [-0.39, 0.29) is 18.9 Å². The highest BCUT2D eigenvalue weighted by molar-refractivity contribution is 5.94. The summed E-state index contributed by atoms with van der Waals surface area (Å²) in [6, 6.07) is 6.33. The fourth-order valence-corrected chi connectivity index (χ4v) is 3.47. The normalized spacial score (nSPS) is 24.1. The second kappa shape index (κ2) is 7.20. The number of amides is 3. The van der Waals surface area contributed by atoms with E-state index >= 15 is 0 Å². The van der Waals surface area contributed by atoms with Gasteiger partial charge in [0.1, 0.15) is 12.2 Å². The van der Waals surface area contributed by atoms with Gasteiger partial charge in [-0.25, -0.2) is 9.18 Å². The van der Waals surface area contributed by atoms with Crippen LogP contribution in [0.3, 0.4) is 0 Å². The lowest BCUT2D eigenvalue weighted by molar-refractivity contribution is -0.136. The molecule has 0 spiro atoms. The molecular formula is C18H24FN3O2. The maximum atomic E-state index is 13.9. The van der Waals surface area contributed by atoms with Gasteiger partial charge in [0.2, 0.25) is 5.91 Å². The zero-order valence-electron chi connectivity index (χ0n) is 14.0. The zero-order valence-corrected chi connectivity index (χ0v) is 14.0.